The van der Waals surface area contributed by atoms with Gasteiger partial charge in [-0.3, -0.25) is 4.79 Å². The van der Waals surface area contributed by atoms with Crippen molar-refractivity contribution in [3.8, 4) is 0 Å². The Labute approximate surface area is 134 Å². The first kappa shape index (κ1) is 15.3. The van der Waals surface area contributed by atoms with Crippen LogP contribution in [0, 0.1) is 22.7 Å². The third kappa shape index (κ3) is 2.02. The highest BCUT2D eigenvalue weighted by Crippen LogP contribution is 2.60. The molecule has 1 aromatic rings. The van der Waals surface area contributed by atoms with Crippen LogP contribution in [0.2, 0.25) is 0 Å². The van der Waals surface area contributed by atoms with Gasteiger partial charge in [-0.15, -0.1) is 0 Å². The lowest BCUT2D eigenvalue weighted by atomic mass is 9.47. The lowest BCUT2D eigenvalue weighted by molar-refractivity contribution is 0.0144. The maximum Gasteiger partial charge on any atom is 0.173 e. The highest BCUT2D eigenvalue weighted by molar-refractivity contribution is 6.03. The number of hydrogen-bond donors (Lipinski definition) is 0. The van der Waals surface area contributed by atoms with Crippen molar-refractivity contribution in [1.29, 1.82) is 0 Å². The van der Waals surface area contributed by atoms with Gasteiger partial charge >= 0.3 is 0 Å². The zero-order valence-corrected chi connectivity index (χ0v) is 14.1. The maximum atomic E-state index is 13.5. The van der Waals surface area contributed by atoms with Crippen LogP contribution in [0.1, 0.15) is 50.9 Å². The second-order valence-corrected chi connectivity index (χ2v) is 7.66. The van der Waals surface area contributed by atoms with Crippen LogP contribution in [-0.4, -0.2) is 5.78 Å². The minimum absolute atomic E-state index is 0.0482. The predicted octanol–water partition coefficient (Wildman–Crippen LogP) is 5.44. The van der Waals surface area contributed by atoms with Crippen molar-refractivity contribution in [2.24, 2.45) is 22.7 Å². The molecule has 2 aliphatic carbocycles. The van der Waals surface area contributed by atoms with Gasteiger partial charge in [0.1, 0.15) is 0 Å². The number of allylic oxidation sites excluding steroid dienone is 4. The van der Waals surface area contributed by atoms with Crippen molar-refractivity contribution in [2.75, 3.05) is 0 Å². The normalized spacial score (nSPS) is 33.0. The van der Waals surface area contributed by atoms with E-state index in [1.165, 1.54) is 12.0 Å². The topological polar surface area (TPSA) is 17.1 Å². The van der Waals surface area contributed by atoms with Crippen LogP contribution in [0.5, 0.6) is 0 Å². The monoisotopic (exact) mass is 294 g/mol. The first-order chi connectivity index (χ1) is 10.4. The van der Waals surface area contributed by atoms with Crippen molar-refractivity contribution in [3.63, 3.8) is 0 Å². The molecule has 22 heavy (non-hydrogen) atoms. The van der Waals surface area contributed by atoms with Gasteiger partial charge < -0.3 is 0 Å². The number of carbonyl (C=O) groups is 1. The van der Waals surface area contributed by atoms with E-state index in [4.69, 9.17) is 0 Å². The zero-order valence-electron chi connectivity index (χ0n) is 14.1. The summed E-state index contributed by atoms with van der Waals surface area (Å²) < 4.78 is 0. The summed E-state index contributed by atoms with van der Waals surface area (Å²) in [6, 6.07) is 9.80. The van der Waals surface area contributed by atoms with Gasteiger partial charge in [0.05, 0.1) is 5.41 Å². The first-order valence-corrected chi connectivity index (χ1v) is 8.36. The molecule has 0 saturated heterocycles. The Hall–Kier alpha value is -1.63. The van der Waals surface area contributed by atoms with Crippen LogP contribution in [0.25, 0.3) is 0 Å². The number of fused-ring (bicyclic) bond motifs is 1. The number of Topliss-reactive ketones (excluding diaryl/α,β-unsaturated/α-hetero) is 1. The van der Waals surface area contributed by atoms with Gasteiger partial charge in [-0.2, -0.15) is 0 Å². The van der Waals surface area contributed by atoms with Gasteiger partial charge in [-0.05, 0) is 37.0 Å². The molecule has 3 rings (SSSR count). The molecule has 116 valence electrons. The molecule has 1 nitrogen and oxygen atoms in total. The summed E-state index contributed by atoms with van der Waals surface area (Å²) in [5.41, 5.74) is 1.70. The fourth-order valence-electron chi connectivity index (χ4n) is 4.36. The van der Waals surface area contributed by atoms with E-state index in [1.54, 1.807) is 0 Å². The molecule has 2 aliphatic rings. The summed E-state index contributed by atoms with van der Waals surface area (Å²) in [7, 11) is 0. The molecule has 0 heterocycles. The SMILES string of the molecule is CC1CC2CC=CC=C2C(C)(C(=O)c2ccccc2)C1(C)C. The van der Waals surface area contributed by atoms with Crippen LogP contribution in [-0.2, 0) is 0 Å². The lowest BCUT2D eigenvalue weighted by Crippen LogP contribution is -2.52. The van der Waals surface area contributed by atoms with Crippen molar-refractivity contribution in [3.05, 3.63) is 59.7 Å². The average molecular weight is 294 g/mol. The maximum absolute atomic E-state index is 13.5. The molecule has 0 bridgehead atoms. The summed E-state index contributed by atoms with van der Waals surface area (Å²) in [5.74, 6) is 1.32. The summed E-state index contributed by atoms with van der Waals surface area (Å²) in [4.78, 5) is 13.5. The second-order valence-electron chi connectivity index (χ2n) is 7.66. The summed E-state index contributed by atoms with van der Waals surface area (Å²) in [6.45, 7) is 9.03. The van der Waals surface area contributed by atoms with Crippen LogP contribution in [0.15, 0.2) is 54.1 Å². The Morgan fingerprint density at radius 3 is 2.50 bits per heavy atom. The van der Waals surface area contributed by atoms with E-state index in [2.05, 4.69) is 45.9 Å². The molecule has 0 N–H and O–H groups in total. The van der Waals surface area contributed by atoms with Crippen molar-refractivity contribution in [1.82, 2.24) is 0 Å². The Balaban J connectivity index is 2.15. The lowest BCUT2D eigenvalue weighted by Gasteiger charge is -2.55. The molecule has 1 fully saturated rings. The van der Waals surface area contributed by atoms with Gasteiger partial charge in [0.25, 0.3) is 0 Å². The van der Waals surface area contributed by atoms with E-state index in [0.717, 1.165) is 12.0 Å². The molecule has 3 atom stereocenters. The van der Waals surface area contributed by atoms with E-state index >= 15 is 0 Å². The Kier molecular flexibility index (Phi) is 3.63. The largest absolute Gasteiger partial charge is 0.293 e. The minimum Gasteiger partial charge on any atom is -0.293 e. The van der Waals surface area contributed by atoms with Crippen molar-refractivity contribution < 1.29 is 4.79 Å². The van der Waals surface area contributed by atoms with Gasteiger partial charge in [-0.1, -0.05) is 74.9 Å². The van der Waals surface area contributed by atoms with Gasteiger partial charge in [0.15, 0.2) is 5.78 Å². The molecule has 0 spiro atoms. The van der Waals surface area contributed by atoms with Crippen LogP contribution < -0.4 is 0 Å². The molecule has 1 saturated carbocycles. The van der Waals surface area contributed by atoms with Crippen LogP contribution >= 0.6 is 0 Å². The number of rotatable bonds is 2. The highest BCUT2D eigenvalue weighted by atomic mass is 16.1. The third-order valence-electron chi connectivity index (χ3n) is 6.50. The van der Waals surface area contributed by atoms with Gasteiger partial charge in [-0.25, -0.2) is 0 Å². The third-order valence-corrected chi connectivity index (χ3v) is 6.50. The number of hydrogen-bond acceptors (Lipinski definition) is 1. The number of carbonyl (C=O) groups excluding carboxylic acids is 1. The van der Waals surface area contributed by atoms with Crippen LogP contribution in [0.3, 0.4) is 0 Å². The van der Waals surface area contributed by atoms with E-state index < -0.39 is 5.41 Å². The van der Waals surface area contributed by atoms with E-state index in [-0.39, 0.29) is 11.2 Å². The minimum atomic E-state index is -0.429. The molecule has 1 aromatic carbocycles. The fraction of sp³-hybridized carbons (Fsp3) is 0.476. The Morgan fingerprint density at radius 1 is 1.14 bits per heavy atom. The fourth-order valence-corrected chi connectivity index (χ4v) is 4.36. The van der Waals surface area contributed by atoms with Crippen molar-refractivity contribution >= 4 is 5.78 Å². The predicted molar refractivity (Wildman–Crippen MR) is 91.8 cm³/mol. The van der Waals surface area contributed by atoms with Gasteiger partial charge in [0, 0.05) is 5.56 Å². The molecule has 3 unspecified atom stereocenters. The van der Waals surface area contributed by atoms with E-state index in [0.29, 0.717) is 11.8 Å². The smallest absolute Gasteiger partial charge is 0.173 e. The molecular formula is C21H26O. The second kappa shape index (κ2) is 5.22. The Morgan fingerprint density at radius 2 is 1.82 bits per heavy atom. The highest BCUT2D eigenvalue weighted by Gasteiger charge is 2.56. The van der Waals surface area contributed by atoms with Crippen LogP contribution in [0.4, 0.5) is 0 Å². The number of ketones is 1. The molecular weight excluding hydrogens is 268 g/mol. The quantitative estimate of drug-likeness (QED) is 0.663. The van der Waals surface area contributed by atoms with E-state index in [9.17, 15) is 4.79 Å². The molecule has 0 amide bonds. The van der Waals surface area contributed by atoms with Gasteiger partial charge in [0.2, 0.25) is 0 Å². The zero-order chi connectivity index (χ0) is 16.0. The molecule has 0 aliphatic heterocycles. The first-order valence-electron chi connectivity index (χ1n) is 8.36. The van der Waals surface area contributed by atoms with E-state index in [1.807, 2.05) is 30.3 Å². The Bertz CT molecular complexity index is 635. The summed E-state index contributed by atoms with van der Waals surface area (Å²) in [6.07, 6.45) is 8.84. The molecule has 0 aromatic heterocycles. The summed E-state index contributed by atoms with van der Waals surface area (Å²) in [5, 5.41) is 0. The molecule has 0 radical (unpaired) electrons. The van der Waals surface area contributed by atoms with Crippen molar-refractivity contribution in [2.45, 2.75) is 40.5 Å². The average Bonchev–Trinajstić information content (AvgIpc) is 2.53. The number of benzene rings is 1. The standard InChI is InChI=1S/C21H26O/c1-15-14-17-12-8-9-13-18(17)21(4,20(15,2)3)19(22)16-10-6-5-7-11-16/h5-11,13,15,17H,12,14H2,1-4H3. The summed E-state index contributed by atoms with van der Waals surface area (Å²) >= 11 is 0. The molecule has 1 heteroatoms.